The molecule has 1 heterocycles. The zero-order chi connectivity index (χ0) is 22.0. The number of anilines is 1. The molecule has 7 heteroatoms. The van der Waals surface area contributed by atoms with Gasteiger partial charge in [0.25, 0.3) is 11.8 Å². The van der Waals surface area contributed by atoms with Crippen molar-refractivity contribution in [2.45, 2.75) is 45.6 Å². The van der Waals surface area contributed by atoms with Gasteiger partial charge in [-0.1, -0.05) is 12.5 Å². The van der Waals surface area contributed by atoms with Crippen LogP contribution in [0.2, 0.25) is 0 Å². The molecule has 0 unspecified atom stereocenters. The number of aryl methyl sites for hydroxylation is 1. The first-order valence-corrected chi connectivity index (χ1v) is 10.8. The molecule has 4 rings (SSSR count). The molecule has 2 bridgehead atoms. The van der Waals surface area contributed by atoms with Crippen LogP contribution in [-0.2, 0) is 9.53 Å². The fraction of sp³-hybridized carbons (Fsp3) is 0.458. The van der Waals surface area contributed by atoms with Crippen molar-refractivity contribution in [1.29, 1.82) is 0 Å². The Morgan fingerprint density at radius 1 is 1.19 bits per heavy atom. The first-order valence-electron chi connectivity index (χ1n) is 10.8. The Bertz CT molecular complexity index is 968. The van der Waals surface area contributed by atoms with Crippen molar-refractivity contribution >= 4 is 23.5 Å². The third-order valence-electron chi connectivity index (χ3n) is 6.62. The van der Waals surface area contributed by atoms with Gasteiger partial charge in [0.15, 0.2) is 12.4 Å². The van der Waals surface area contributed by atoms with Crippen LogP contribution in [0.25, 0.3) is 0 Å². The SMILES string of the molecule is Cc1ccc(C(=O)OCC(=O)N[C@H](C)[C@H]2C[C@H]3CC[C@H]2C3)cc1NC(=O)c1ccco1. The molecule has 2 fully saturated rings. The van der Waals surface area contributed by atoms with E-state index in [4.69, 9.17) is 9.15 Å². The van der Waals surface area contributed by atoms with Gasteiger partial charge in [0.05, 0.1) is 11.8 Å². The summed E-state index contributed by atoms with van der Waals surface area (Å²) >= 11 is 0. The highest BCUT2D eigenvalue weighted by Crippen LogP contribution is 2.49. The van der Waals surface area contributed by atoms with E-state index in [1.165, 1.54) is 38.0 Å². The molecule has 2 aromatic rings. The van der Waals surface area contributed by atoms with Gasteiger partial charge in [-0.3, -0.25) is 9.59 Å². The molecular formula is C24H28N2O5. The number of amides is 2. The van der Waals surface area contributed by atoms with E-state index in [0.29, 0.717) is 17.5 Å². The van der Waals surface area contributed by atoms with E-state index in [1.807, 2.05) is 13.8 Å². The van der Waals surface area contributed by atoms with Crippen LogP contribution in [-0.4, -0.2) is 30.4 Å². The Morgan fingerprint density at radius 3 is 2.71 bits per heavy atom. The highest BCUT2D eigenvalue weighted by molar-refractivity contribution is 6.03. The molecule has 0 saturated heterocycles. The monoisotopic (exact) mass is 424 g/mol. The van der Waals surface area contributed by atoms with Crippen LogP contribution < -0.4 is 10.6 Å². The number of fused-ring (bicyclic) bond motifs is 2. The molecule has 2 saturated carbocycles. The van der Waals surface area contributed by atoms with E-state index in [2.05, 4.69) is 10.6 Å². The van der Waals surface area contributed by atoms with Gasteiger partial charge in [-0.25, -0.2) is 4.79 Å². The van der Waals surface area contributed by atoms with E-state index in [1.54, 1.807) is 24.3 Å². The van der Waals surface area contributed by atoms with Crippen molar-refractivity contribution in [2.75, 3.05) is 11.9 Å². The molecule has 0 spiro atoms. The summed E-state index contributed by atoms with van der Waals surface area (Å²) in [6.07, 6.45) is 6.46. The lowest BCUT2D eigenvalue weighted by Gasteiger charge is -2.28. The molecule has 2 amide bonds. The number of carbonyl (C=O) groups excluding carboxylic acids is 3. The minimum absolute atomic E-state index is 0.0873. The molecule has 2 N–H and O–H groups in total. The summed E-state index contributed by atoms with van der Waals surface area (Å²) in [5.74, 6) is 0.914. The summed E-state index contributed by atoms with van der Waals surface area (Å²) in [6.45, 7) is 3.53. The predicted octanol–water partition coefficient (Wildman–Crippen LogP) is 3.94. The Morgan fingerprint density at radius 2 is 2.03 bits per heavy atom. The Kier molecular flexibility index (Phi) is 6.11. The highest BCUT2D eigenvalue weighted by atomic mass is 16.5. The zero-order valence-corrected chi connectivity index (χ0v) is 17.9. The largest absolute Gasteiger partial charge is 0.459 e. The van der Waals surface area contributed by atoms with Crippen LogP contribution in [0.5, 0.6) is 0 Å². The van der Waals surface area contributed by atoms with Gasteiger partial charge in [0.2, 0.25) is 0 Å². The summed E-state index contributed by atoms with van der Waals surface area (Å²) in [6, 6.07) is 8.12. The molecule has 1 aromatic carbocycles. The third-order valence-corrected chi connectivity index (χ3v) is 6.62. The van der Waals surface area contributed by atoms with Gasteiger partial charge in [-0.15, -0.1) is 0 Å². The summed E-state index contributed by atoms with van der Waals surface area (Å²) in [4.78, 5) is 36.9. The van der Waals surface area contributed by atoms with Crippen LogP contribution in [0.15, 0.2) is 41.0 Å². The summed E-state index contributed by atoms with van der Waals surface area (Å²) in [5, 5.41) is 5.72. The number of carbonyl (C=O) groups is 3. The number of hydrogen-bond acceptors (Lipinski definition) is 5. The minimum atomic E-state index is -0.615. The smallest absolute Gasteiger partial charge is 0.338 e. The Labute approximate surface area is 181 Å². The van der Waals surface area contributed by atoms with Gasteiger partial charge < -0.3 is 19.8 Å². The molecule has 0 radical (unpaired) electrons. The molecule has 1 aromatic heterocycles. The van der Waals surface area contributed by atoms with Gasteiger partial charge in [-0.2, -0.15) is 0 Å². The van der Waals surface area contributed by atoms with E-state index in [-0.39, 0.29) is 29.9 Å². The van der Waals surface area contributed by atoms with Crippen molar-refractivity contribution in [3.8, 4) is 0 Å². The maximum atomic E-state index is 12.4. The fourth-order valence-electron chi connectivity index (χ4n) is 5.00. The number of hydrogen-bond donors (Lipinski definition) is 2. The van der Waals surface area contributed by atoms with E-state index in [9.17, 15) is 14.4 Å². The number of rotatable bonds is 7. The van der Waals surface area contributed by atoms with Gasteiger partial charge in [0.1, 0.15) is 0 Å². The lowest BCUT2D eigenvalue weighted by molar-refractivity contribution is -0.125. The Hall–Kier alpha value is -3.09. The number of furan rings is 1. The van der Waals surface area contributed by atoms with Crippen LogP contribution in [0.3, 0.4) is 0 Å². The summed E-state index contributed by atoms with van der Waals surface area (Å²) < 4.78 is 10.3. The second-order valence-electron chi connectivity index (χ2n) is 8.73. The lowest BCUT2D eigenvalue weighted by Crippen LogP contribution is -2.42. The maximum absolute atomic E-state index is 12.4. The number of benzene rings is 1. The average Bonchev–Trinajstić information content (AvgIpc) is 3.51. The van der Waals surface area contributed by atoms with Crippen LogP contribution >= 0.6 is 0 Å². The third kappa shape index (κ3) is 4.81. The van der Waals surface area contributed by atoms with Crippen LogP contribution in [0.4, 0.5) is 5.69 Å². The molecule has 31 heavy (non-hydrogen) atoms. The summed E-state index contributed by atoms with van der Waals surface area (Å²) in [5.41, 5.74) is 1.52. The molecular weight excluding hydrogens is 396 g/mol. The van der Waals surface area contributed by atoms with Crippen molar-refractivity contribution in [3.63, 3.8) is 0 Å². The molecule has 7 nitrogen and oxygen atoms in total. The number of nitrogens with one attached hydrogen (secondary N) is 2. The first-order chi connectivity index (χ1) is 14.9. The topological polar surface area (TPSA) is 97.6 Å². The standard InChI is InChI=1S/C24H28N2O5/c1-14-5-7-18(12-20(14)26-23(28)21-4-3-9-30-21)24(29)31-13-22(27)25-15(2)19-11-16-6-8-17(19)10-16/h3-5,7,9,12,15-17,19H,6,8,10-11,13H2,1-2H3,(H,25,27)(H,26,28)/t15-,16+,17+,19-/m1/s1. The molecule has 4 atom stereocenters. The zero-order valence-electron chi connectivity index (χ0n) is 17.9. The fourth-order valence-corrected chi connectivity index (χ4v) is 5.00. The number of ether oxygens (including phenoxy) is 1. The minimum Gasteiger partial charge on any atom is -0.459 e. The van der Waals surface area contributed by atoms with Crippen LogP contribution in [0.1, 0.15) is 59.1 Å². The van der Waals surface area contributed by atoms with Gasteiger partial charge in [0, 0.05) is 11.7 Å². The normalized spacial score (nSPS) is 22.7. The van der Waals surface area contributed by atoms with Crippen LogP contribution in [0, 0.1) is 24.7 Å². The first kappa shape index (κ1) is 21.2. The quantitative estimate of drug-likeness (QED) is 0.656. The summed E-state index contributed by atoms with van der Waals surface area (Å²) in [7, 11) is 0. The van der Waals surface area contributed by atoms with Crippen molar-refractivity contribution in [1.82, 2.24) is 5.32 Å². The predicted molar refractivity (Wildman–Crippen MR) is 115 cm³/mol. The van der Waals surface area contributed by atoms with Crippen molar-refractivity contribution in [2.24, 2.45) is 17.8 Å². The van der Waals surface area contributed by atoms with Gasteiger partial charge >= 0.3 is 5.97 Å². The van der Waals surface area contributed by atoms with Gasteiger partial charge in [-0.05, 0) is 80.7 Å². The average molecular weight is 424 g/mol. The van der Waals surface area contributed by atoms with E-state index in [0.717, 1.165) is 11.5 Å². The second kappa shape index (κ2) is 8.96. The molecule has 164 valence electrons. The van der Waals surface area contributed by atoms with Crippen molar-refractivity contribution < 1.29 is 23.5 Å². The van der Waals surface area contributed by atoms with E-state index >= 15 is 0 Å². The van der Waals surface area contributed by atoms with Crippen molar-refractivity contribution in [3.05, 3.63) is 53.5 Å². The Balaban J connectivity index is 1.30. The number of esters is 1. The second-order valence-corrected chi connectivity index (χ2v) is 8.73. The molecule has 2 aliphatic carbocycles. The molecule has 0 aliphatic heterocycles. The van der Waals surface area contributed by atoms with E-state index < -0.39 is 11.9 Å². The maximum Gasteiger partial charge on any atom is 0.338 e. The molecule has 2 aliphatic rings. The highest BCUT2D eigenvalue weighted by Gasteiger charge is 2.42. The lowest BCUT2D eigenvalue weighted by atomic mass is 9.84.